The summed E-state index contributed by atoms with van der Waals surface area (Å²) in [6.45, 7) is 6.36. The molecule has 1 aromatic rings. The first-order valence-electron chi connectivity index (χ1n) is 4.41. The van der Waals surface area contributed by atoms with Crippen LogP contribution in [0.1, 0.15) is 18.5 Å². The van der Waals surface area contributed by atoms with Gasteiger partial charge in [-0.3, -0.25) is 0 Å². The van der Waals surface area contributed by atoms with Gasteiger partial charge in [0.25, 0.3) is 0 Å². The van der Waals surface area contributed by atoms with Crippen LogP contribution in [0.3, 0.4) is 0 Å². The quantitative estimate of drug-likeness (QED) is 0.879. The molecule has 0 fully saturated rings. The Bertz CT molecular complexity index is 325. The molecule has 1 nitrogen and oxygen atoms in total. The van der Waals surface area contributed by atoms with Gasteiger partial charge in [0.1, 0.15) is 0 Å². The van der Waals surface area contributed by atoms with Gasteiger partial charge in [0.15, 0.2) is 0 Å². The van der Waals surface area contributed by atoms with Crippen LogP contribution < -0.4 is 5.32 Å². The predicted octanol–water partition coefficient (Wildman–Crippen LogP) is 3.85. The van der Waals surface area contributed by atoms with E-state index in [-0.39, 0.29) is 6.04 Å². The van der Waals surface area contributed by atoms with Crippen LogP contribution in [0.4, 0.5) is 0 Å². The second kappa shape index (κ2) is 5.54. The van der Waals surface area contributed by atoms with E-state index in [1.54, 1.807) is 0 Å². The fourth-order valence-electron chi connectivity index (χ4n) is 1.16. The molecule has 0 amide bonds. The summed E-state index contributed by atoms with van der Waals surface area (Å²) in [4.78, 5) is 0. The van der Waals surface area contributed by atoms with Gasteiger partial charge in [0.05, 0.1) is 0 Å². The zero-order valence-electron chi connectivity index (χ0n) is 8.06. The smallest absolute Gasteiger partial charge is 0.0313 e. The summed E-state index contributed by atoms with van der Waals surface area (Å²) in [6.07, 6.45) is 0. The monoisotopic (exact) mass is 273 g/mol. The number of hydrogen-bond acceptors (Lipinski definition) is 1. The van der Waals surface area contributed by atoms with Crippen molar-refractivity contribution in [2.24, 2.45) is 0 Å². The molecule has 14 heavy (non-hydrogen) atoms. The van der Waals surface area contributed by atoms with Crippen molar-refractivity contribution < 1.29 is 0 Å². The minimum atomic E-state index is 0.281. The van der Waals surface area contributed by atoms with Gasteiger partial charge in [-0.25, -0.2) is 0 Å². The van der Waals surface area contributed by atoms with Crippen LogP contribution in [0.2, 0.25) is 0 Å². The Hall–Kier alpha value is -0.310. The first-order valence-corrected chi connectivity index (χ1v) is 5.59. The average molecular weight is 275 g/mol. The van der Waals surface area contributed by atoms with Crippen LogP contribution in [-0.2, 0) is 0 Å². The van der Waals surface area contributed by atoms with Crippen LogP contribution in [-0.4, -0.2) is 6.54 Å². The van der Waals surface area contributed by atoms with Gasteiger partial charge < -0.3 is 5.32 Å². The fraction of sp³-hybridized carbons (Fsp3) is 0.273. The topological polar surface area (TPSA) is 12.0 Å². The van der Waals surface area contributed by atoms with Gasteiger partial charge in [-0.15, -0.1) is 0 Å². The summed E-state index contributed by atoms with van der Waals surface area (Å²) in [5.41, 5.74) is 1.23. The molecule has 1 rings (SSSR count). The largest absolute Gasteiger partial charge is 0.305 e. The summed E-state index contributed by atoms with van der Waals surface area (Å²) in [5, 5.41) is 3.90. The highest BCUT2D eigenvalue weighted by Crippen LogP contribution is 2.17. The zero-order valence-corrected chi connectivity index (χ0v) is 10.4. The van der Waals surface area contributed by atoms with Crippen molar-refractivity contribution in [3.8, 4) is 0 Å². The molecule has 0 saturated heterocycles. The lowest BCUT2D eigenvalue weighted by molar-refractivity contribution is 0.614. The summed E-state index contributed by atoms with van der Waals surface area (Å²) in [5.74, 6) is 0. The van der Waals surface area contributed by atoms with E-state index in [0.717, 1.165) is 4.47 Å². The Labute approximate surface area is 98.3 Å². The van der Waals surface area contributed by atoms with Crippen molar-refractivity contribution in [1.29, 1.82) is 0 Å². The zero-order chi connectivity index (χ0) is 10.6. The van der Waals surface area contributed by atoms with E-state index >= 15 is 0 Å². The molecule has 1 atom stereocenters. The highest BCUT2D eigenvalue weighted by Gasteiger charge is 2.04. The first kappa shape index (κ1) is 11.8. The SMILES string of the molecule is C=C(Cl)CN[C@H](C)c1cccc(Br)c1. The summed E-state index contributed by atoms with van der Waals surface area (Å²) in [6, 6.07) is 8.49. The Balaban J connectivity index is 2.60. The summed E-state index contributed by atoms with van der Waals surface area (Å²) in [7, 11) is 0. The van der Waals surface area contributed by atoms with Crippen molar-refractivity contribution in [2.45, 2.75) is 13.0 Å². The van der Waals surface area contributed by atoms with Crippen LogP contribution >= 0.6 is 27.5 Å². The number of halogens is 2. The molecule has 0 aromatic heterocycles. The van der Waals surface area contributed by atoms with Crippen LogP contribution in [0.15, 0.2) is 40.3 Å². The van der Waals surface area contributed by atoms with Crippen molar-refractivity contribution in [3.63, 3.8) is 0 Å². The third-order valence-corrected chi connectivity index (χ3v) is 2.58. The van der Waals surface area contributed by atoms with Crippen LogP contribution in [0, 0.1) is 0 Å². The van der Waals surface area contributed by atoms with E-state index in [4.69, 9.17) is 11.6 Å². The van der Waals surface area contributed by atoms with Gasteiger partial charge in [0.2, 0.25) is 0 Å². The molecule has 1 N–H and O–H groups in total. The number of benzene rings is 1. The summed E-state index contributed by atoms with van der Waals surface area (Å²) >= 11 is 9.11. The van der Waals surface area contributed by atoms with E-state index in [0.29, 0.717) is 11.6 Å². The summed E-state index contributed by atoms with van der Waals surface area (Å²) < 4.78 is 1.09. The lowest BCUT2D eigenvalue weighted by Crippen LogP contribution is -2.19. The van der Waals surface area contributed by atoms with Crippen molar-refractivity contribution in [2.75, 3.05) is 6.54 Å². The van der Waals surface area contributed by atoms with E-state index in [2.05, 4.69) is 46.9 Å². The van der Waals surface area contributed by atoms with Gasteiger partial charge in [-0.1, -0.05) is 46.2 Å². The maximum Gasteiger partial charge on any atom is 0.0313 e. The minimum Gasteiger partial charge on any atom is -0.305 e. The van der Waals surface area contributed by atoms with Crippen molar-refractivity contribution >= 4 is 27.5 Å². The molecule has 0 aliphatic rings. The molecule has 0 radical (unpaired) electrons. The van der Waals surface area contributed by atoms with E-state index < -0.39 is 0 Å². The maximum atomic E-state index is 5.67. The second-order valence-electron chi connectivity index (χ2n) is 3.17. The normalized spacial score (nSPS) is 12.5. The number of nitrogens with one attached hydrogen (secondary N) is 1. The molecule has 1 aromatic carbocycles. The van der Waals surface area contributed by atoms with Gasteiger partial charge in [-0.05, 0) is 24.6 Å². The Morgan fingerprint density at radius 2 is 2.36 bits per heavy atom. The van der Waals surface area contributed by atoms with Gasteiger partial charge in [-0.2, -0.15) is 0 Å². The second-order valence-corrected chi connectivity index (χ2v) is 4.63. The highest BCUT2D eigenvalue weighted by atomic mass is 79.9. The van der Waals surface area contributed by atoms with E-state index in [9.17, 15) is 0 Å². The molecule has 3 heteroatoms. The fourth-order valence-corrected chi connectivity index (χ4v) is 1.65. The van der Waals surface area contributed by atoms with E-state index in [1.807, 2.05) is 12.1 Å². The molecule has 0 aliphatic heterocycles. The van der Waals surface area contributed by atoms with Crippen LogP contribution in [0.5, 0.6) is 0 Å². The third-order valence-electron chi connectivity index (χ3n) is 1.95. The maximum absolute atomic E-state index is 5.67. The minimum absolute atomic E-state index is 0.281. The third kappa shape index (κ3) is 3.82. The molecule has 0 spiro atoms. The molecule has 0 unspecified atom stereocenters. The van der Waals surface area contributed by atoms with Gasteiger partial charge in [0, 0.05) is 22.1 Å². The first-order chi connectivity index (χ1) is 6.59. The molecular formula is C11H13BrClN. The number of rotatable bonds is 4. The molecule has 76 valence electrons. The lowest BCUT2D eigenvalue weighted by Gasteiger charge is -2.13. The molecule has 0 aliphatic carbocycles. The predicted molar refractivity (Wildman–Crippen MR) is 65.6 cm³/mol. The van der Waals surface area contributed by atoms with Gasteiger partial charge >= 0.3 is 0 Å². The average Bonchev–Trinajstić information content (AvgIpc) is 2.14. The van der Waals surface area contributed by atoms with Crippen molar-refractivity contribution in [3.05, 3.63) is 45.9 Å². The molecule has 0 heterocycles. The highest BCUT2D eigenvalue weighted by molar-refractivity contribution is 9.10. The number of hydrogen-bond donors (Lipinski definition) is 1. The van der Waals surface area contributed by atoms with Crippen LogP contribution in [0.25, 0.3) is 0 Å². The Morgan fingerprint density at radius 1 is 1.64 bits per heavy atom. The molecule has 0 bridgehead atoms. The molecule has 0 saturated carbocycles. The molecular weight excluding hydrogens is 261 g/mol. The lowest BCUT2D eigenvalue weighted by atomic mass is 10.1. The standard InChI is InChI=1S/C11H13BrClN/c1-8(13)7-14-9(2)10-4-3-5-11(12)6-10/h3-6,9,14H,1,7H2,2H3/t9-/m1/s1. The van der Waals surface area contributed by atoms with E-state index in [1.165, 1.54) is 5.56 Å². The Morgan fingerprint density at radius 3 is 2.93 bits per heavy atom. The van der Waals surface area contributed by atoms with Crippen molar-refractivity contribution in [1.82, 2.24) is 5.32 Å². The Kier molecular flexibility index (Phi) is 4.66.